The number of nitriles is 1. The third-order valence-corrected chi connectivity index (χ3v) is 2.92. The largest absolute Gasteiger partial charge is 0.295 e. The zero-order valence-corrected chi connectivity index (χ0v) is 9.39. The molecule has 2 heteroatoms. The summed E-state index contributed by atoms with van der Waals surface area (Å²) in [6.07, 6.45) is 3.95. The summed E-state index contributed by atoms with van der Waals surface area (Å²) in [5.41, 5.74) is 2.62. The van der Waals surface area contributed by atoms with Crippen molar-refractivity contribution in [1.82, 2.24) is 4.90 Å². The summed E-state index contributed by atoms with van der Waals surface area (Å²) in [5, 5.41) is 8.65. The number of benzene rings is 1. The number of likely N-dealkylation sites (tertiary alicyclic amines) is 1. The molecule has 16 heavy (non-hydrogen) atoms. The van der Waals surface area contributed by atoms with E-state index in [9.17, 15) is 0 Å². The Bertz CT molecular complexity index is 400. The van der Waals surface area contributed by atoms with Crippen molar-refractivity contribution >= 4 is 0 Å². The number of piperidine rings is 1. The molecule has 0 N–H and O–H groups in total. The third kappa shape index (κ3) is 2.95. The topological polar surface area (TPSA) is 27.0 Å². The fourth-order valence-electron chi connectivity index (χ4n) is 2.16. The molecule has 1 heterocycles. The highest BCUT2D eigenvalue weighted by Gasteiger charge is 2.13. The average Bonchev–Trinajstić information content (AvgIpc) is 2.31. The lowest BCUT2D eigenvalue weighted by atomic mass is 10.0. The minimum Gasteiger partial charge on any atom is -0.295 e. The Morgan fingerprint density at radius 3 is 2.88 bits per heavy atom. The van der Waals surface area contributed by atoms with Gasteiger partial charge in [0.25, 0.3) is 0 Å². The highest BCUT2D eigenvalue weighted by Crippen LogP contribution is 2.17. The minimum atomic E-state index is 0.947. The summed E-state index contributed by atoms with van der Waals surface area (Å²) in [6.45, 7) is 3.07. The summed E-state index contributed by atoms with van der Waals surface area (Å²) in [6, 6.07) is 12.6. The molecule has 2 nitrogen and oxygen atoms in total. The fraction of sp³-hybridized carbons (Fsp3) is 0.357. The Morgan fingerprint density at radius 1 is 1.31 bits per heavy atom. The number of nitrogens with zero attached hydrogens (tertiary/aromatic N) is 2. The van der Waals surface area contributed by atoms with E-state index in [1.165, 1.54) is 17.6 Å². The Hall–Kier alpha value is -1.59. The second-order valence-corrected chi connectivity index (χ2v) is 4.23. The Labute approximate surface area is 96.8 Å². The van der Waals surface area contributed by atoms with Gasteiger partial charge in [-0.05, 0) is 30.5 Å². The van der Waals surface area contributed by atoms with Gasteiger partial charge in [0.1, 0.15) is 0 Å². The smallest absolute Gasteiger partial charge is 0.0912 e. The standard InChI is InChI=1S/C14H16N2/c15-9-8-14-7-4-10-16(12-14)11-13-5-2-1-3-6-13/h1-3,5-6,8H,4,7,10-12H2. The lowest BCUT2D eigenvalue weighted by molar-refractivity contribution is 0.258. The quantitative estimate of drug-likeness (QED) is 0.705. The van der Waals surface area contributed by atoms with Crippen molar-refractivity contribution in [3.63, 3.8) is 0 Å². The van der Waals surface area contributed by atoms with E-state index in [1.54, 1.807) is 6.08 Å². The van der Waals surface area contributed by atoms with Crippen LogP contribution in [0, 0.1) is 11.3 Å². The first-order chi connectivity index (χ1) is 7.88. The Balaban J connectivity index is 1.96. The summed E-state index contributed by atoms with van der Waals surface area (Å²) in [4.78, 5) is 2.40. The van der Waals surface area contributed by atoms with E-state index in [0.29, 0.717) is 0 Å². The van der Waals surface area contributed by atoms with Crippen LogP contribution in [-0.4, -0.2) is 18.0 Å². The maximum atomic E-state index is 8.65. The third-order valence-electron chi connectivity index (χ3n) is 2.92. The van der Waals surface area contributed by atoms with Crippen molar-refractivity contribution in [2.24, 2.45) is 0 Å². The molecule has 1 aliphatic heterocycles. The summed E-state index contributed by atoms with van der Waals surface area (Å²) >= 11 is 0. The van der Waals surface area contributed by atoms with Crippen molar-refractivity contribution in [3.05, 3.63) is 47.5 Å². The maximum absolute atomic E-state index is 8.65. The molecule has 1 aliphatic rings. The van der Waals surface area contributed by atoms with Gasteiger partial charge in [0, 0.05) is 19.2 Å². The van der Waals surface area contributed by atoms with Crippen LogP contribution in [0.5, 0.6) is 0 Å². The van der Waals surface area contributed by atoms with Crippen LogP contribution in [0.3, 0.4) is 0 Å². The highest BCUT2D eigenvalue weighted by atomic mass is 15.1. The number of rotatable bonds is 2. The summed E-state index contributed by atoms with van der Waals surface area (Å²) in [7, 11) is 0. The van der Waals surface area contributed by atoms with Crippen LogP contribution < -0.4 is 0 Å². The van der Waals surface area contributed by atoms with Gasteiger partial charge in [0.2, 0.25) is 0 Å². The van der Waals surface area contributed by atoms with E-state index in [2.05, 4.69) is 35.2 Å². The maximum Gasteiger partial charge on any atom is 0.0912 e. The molecule has 0 radical (unpaired) electrons. The number of allylic oxidation sites excluding steroid dienone is 1. The van der Waals surface area contributed by atoms with Crippen LogP contribution >= 0.6 is 0 Å². The van der Waals surface area contributed by atoms with E-state index in [-0.39, 0.29) is 0 Å². The SMILES string of the molecule is N#CC=C1CCCN(Cc2ccccc2)C1. The van der Waals surface area contributed by atoms with Gasteiger partial charge < -0.3 is 0 Å². The van der Waals surface area contributed by atoms with Crippen LogP contribution in [-0.2, 0) is 6.54 Å². The predicted molar refractivity (Wildman–Crippen MR) is 64.6 cm³/mol. The first kappa shape index (κ1) is 10.9. The molecule has 0 bridgehead atoms. The van der Waals surface area contributed by atoms with E-state index in [0.717, 1.165) is 26.1 Å². The van der Waals surface area contributed by atoms with Crippen molar-refractivity contribution in [2.75, 3.05) is 13.1 Å². The van der Waals surface area contributed by atoms with E-state index in [1.807, 2.05) is 6.07 Å². The van der Waals surface area contributed by atoms with Crippen molar-refractivity contribution in [2.45, 2.75) is 19.4 Å². The fourth-order valence-corrected chi connectivity index (χ4v) is 2.16. The lowest BCUT2D eigenvalue weighted by Gasteiger charge is -2.28. The molecule has 2 rings (SSSR count). The number of hydrogen-bond donors (Lipinski definition) is 0. The van der Waals surface area contributed by atoms with Crippen molar-refractivity contribution < 1.29 is 0 Å². The van der Waals surface area contributed by atoms with Crippen molar-refractivity contribution in [3.8, 4) is 6.07 Å². The molecule has 0 atom stereocenters. The zero-order chi connectivity index (χ0) is 11.2. The van der Waals surface area contributed by atoms with Crippen LogP contribution in [0.1, 0.15) is 18.4 Å². The van der Waals surface area contributed by atoms with Gasteiger partial charge in [-0.3, -0.25) is 4.90 Å². The molecule has 0 aliphatic carbocycles. The second-order valence-electron chi connectivity index (χ2n) is 4.23. The van der Waals surface area contributed by atoms with Crippen LogP contribution in [0.25, 0.3) is 0 Å². The molecule has 0 saturated carbocycles. The average molecular weight is 212 g/mol. The van der Waals surface area contributed by atoms with Crippen molar-refractivity contribution in [1.29, 1.82) is 5.26 Å². The van der Waals surface area contributed by atoms with Gasteiger partial charge >= 0.3 is 0 Å². The summed E-state index contributed by atoms with van der Waals surface area (Å²) < 4.78 is 0. The predicted octanol–water partition coefficient (Wildman–Crippen LogP) is 2.73. The Kier molecular flexibility index (Phi) is 3.74. The second kappa shape index (κ2) is 5.48. The van der Waals surface area contributed by atoms with Crippen LogP contribution in [0.4, 0.5) is 0 Å². The van der Waals surface area contributed by atoms with Gasteiger partial charge in [0.05, 0.1) is 6.07 Å². The number of hydrogen-bond acceptors (Lipinski definition) is 2. The minimum absolute atomic E-state index is 0.947. The molecule has 0 amide bonds. The normalized spacial score (nSPS) is 19.6. The molecular weight excluding hydrogens is 196 g/mol. The molecule has 1 fully saturated rings. The first-order valence-electron chi connectivity index (χ1n) is 5.72. The molecule has 82 valence electrons. The molecule has 0 spiro atoms. The molecule has 0 aromatic heterocycles. The lowest BCUT2D eigenvalue weighted by Crippen LogP contribution is -2.30. The van der Waals surface area contributed by atoms with Gasteiger partial charge in [-0.2, -0.15) is 5.26 Å². The molecular formula is C14H16N2. The molecule has 1 saturated heterocycles. The first-order valence-corrected chi connectivity index (χ1v) is 5.72. The van der Waals surface area contributed by atoms with E-state index in [4.69, 9.17) is 5.26 Å². The van der Waals surface area contributed by atoms with Gasteiger partial charge in [-0.1, -0.05) is 30.3 Å². The van der Waals surface area contributed by atoms with E-state index < -0.39 is 0 Å². The molecule has 1 aromatic rings. The molecule has 1 aromatic carbocycles. The zero-order valence-electron chi connectivity index (χ0n) is 9.39. The van der Waals surface area contributed by atoms with Gasteiger partial charge in [0.15, 0.2) is 0 Å². The van der Waals surface area contributed by atoms with Crippen LogP contribution in [0.2, 0.25) is 0 Å². The molecule has 0 unspecified atom stereocenters. The van der Waals surface area contributed by atoms with Crippen LogP contribution in [0.15, 0.2) is 42.0 Å². The van der Waals surface area contributed by atoms with E-state index >= 15 is 0 Å². The van der Waals surface area contributed by atoms with Gasteiger partial charge in [-0.25, -0.2) is 0 Å². The summed E-state index contributed by atoms with van der Waals surface area (Å²) in [5.74, 6) is 0. The highest BCUT2D eigenvalue weighted by molar-refractivity contribution is 5.18. The Morgan fingerprint density at radius 2 is 2.12 bits per heavy atom. The monoisotopic (exact) mass is 212 g/mol. The van der Waals surface area contributed by atoms with Gasteiger partial charge in [-0.15, -0.1) is 0 Å².